The zero-order valence-electron chi connectivity index (χ0n) is 11.8. The highest BCUT2D eigenvalue weighted by atomic mass is 16.5. The summed E-state index contributed by atoms with van der Waals surface area (Å²) in [6, 6.07) is 4.39. The molecule has 120 valence electrons. The van der Waals surface area contributed by atoms with E-state index in [9.17, 15) is 20.1 Å². The summed E-state index contributed by atoms with van der Waals surface area (Å²) in [6.07, 6.45) is 4.65. The molecule has 0 aromatic heterocycles. The molecule has 4 N–H and O–H groups in total. The largest absolute Gasteiger partial charge is 0.479 e. The number of carboxylic acid groups (broad SMARTS) is 1. The average Bonchev–Trinajstić information content (AvgIpc) is 2.58. The number of rotatable bonds is 6. The van der Waals surface area contributed by atoms with Crippen molar-refractivity contribution in [2.45, 2.75) is 6.42 Å². The third kappa shape index (κ3) is 3.71. The Morgan fingerprint density at radius 1 is 1.43 bits per heavy atom. The average molecular weight is 320 g/mol. The number of nitrogens with one attached hydrogen (secondary N) is 1. The predicted molar refractivity (Wildman–Crippen MR) is 79.3 cm³/mol. The fraction of sp³-hybridized carbons (Fsp3) is 0.143. The summed E-state index contributed by atoms with van der Waals surface area (Å²) < 4.78 is 5.82. The third-order valence-corrected chi connectivity index (χ3v) is 3.01. The highest BCUT2D eigenvalue weighted by molar-refractivity contribution is 5.95. The lowest BCUT2D eigenvalue weighted by Gasteiger charge is -2.10. The lowest BCUT2D eigenvalue weighted by Crippen LogP contribution is -2.17. The van der Waals surface area contributed by atoms with Gasteiger partial charge in [-0.3, -0.25) is 15.9 Å². The maximum atomic E-state index is 10.7. The van der Waals surface area contributed by atoms with Gasteiger partial charge in [-0.1, -0.05) is 12.1 Å². The van der Waals surface area contributed by atoms with Crippen molar-refractivity contribution in [3.8, 4) is 5.75 Å². The van der Waals surface area contributed by atoms with Crippen LogP contribution < -0.4 is 10.2 Å². The minimum atomic E-state index is -1.19. The van der Waals surface area contributed by atoms with Crippen LogP contribution in [-0.2, 0) is 4.79 Å². The van der Waals surface area contributed by atoms with Gasteiger partial charge in [0.25, 0.3) is 0 Å². The number of carbonyl (C=O) groups is 1. The molecule has 23 heavy (non-hydrogen) atoms. The highest BCUT2D eigenvalue weighted by Gasteiger charge is 2.27. The minimum absolute atomic E-state index is 0.00282. The van der Waals surface area contributed by atoms with Crippen molar-refractivity contribution >= 4 is 23.1 Å². The van der Waals surface area contributed by atoms with Crippen molar-refractivity contribution in [1.82, 2.24) is 0 Å². The van der Waals surface area contributed by atoms with Crippen molar-refractivity contribution in [2.75, 3.05) is 12.1 Å². The molecule has 0 spiro atoms. The van der Waals surface area contributed by atoms with Crippen LogP contribution in [0, 0.1) is 4.91 Å². The standard InChI is InChI=1S/C14H13N3O6/c18-13(19)8-23-12-6-2-5-11(16-21)14(12)17(22)10-4-1-3-9(7-10)15-20/h1-6H,7-8H2,(H3-,15,16,18,19,20,21,22)/p+1. The molecule has 0 fully saturated rings. The summed E-state index contributed by atoms with van der Waals surface area (Å²) >= 11 is 0. The Labute approximate surface area is 130 Å². The van der Waals surface area contributed by atoms with Gasteiger partial charge >= 0.3 is 11.7 Å². The SMILES string of the molecule is O=NC1=CC=C/C(=[N+](\O)c2c(NO)cccc2OCC(=O)O)C1. The first-order valence-electron chi connectivity index (χ1n) is 6.50. The van der Waals surface area contributed by atoms with Gasteiger partial charge in [0.05, 0.1) is 12.1 Å². The van der Waals surface area contributed by atoms with Gasteiger partial charge in [0.2, 0.25) is 5.71 Å². The summed E-state index contributed by atoms with van der Waals surface area (Å²) in [5, 5.41) is 31.1. The molecule has 0 atom stereocenters. The number of benzene rings is 1. The van der Waals surface area contributed by atoms with E-state index in [-0.39, 0.29) is 29.2 Å². The molecular weight excluding hydrogens is 306 g/mol. The van der Waals surface area contributed by atoms with E-state index in [1.54, 1.807) is 6.08 Å². The lowest BCUT2D eigenvalue weighted by molar-refractivity contribution is -0.712. The molecule has 2 rings (SSSR count). The lowest BCUT2D eigenvalue weighted by atomic mass is 10.1. The Kier molecular flexibility index (Phi) is 5.05. The van der Waals surface area contributed by atoms with E-state index in [1.807, 2.05) is 5.48 Å². The quantitative estimate of drug-likeness (QED) is 0.273. The van der Waals surface area contributed by atoms with E-state index in [2.05, 4.69) is 5.18 Å². The van der Waals surface area contributed by atoms with Gasteiger partial charge in [-0.25, -0.2) is 4.79 Å². The van der Waals surface area contributed by atoms with Crippen molar-refractivity contribution < 1.29 is 29.8 Å². The number of nitrogens with zero attached hydrogens (tertiary/aromatic N) is 2. The molecule has 0 heterocycles. The van der Waals surface area contributed by atoms with Gasteiger partial charge in [-0.05, 0) is 23.4 Å². The van der Waals surface area contributed by atoms with E-state index < -0.39 is 12.6 Å². The van der Waals surface area contributed by atoms with Gasteiger partial charge < -0.3 is 9.84 Å². The zero-order chi connectivity index (χ0) is 16.8. The van der Waals surface area contributed by atoms with Crippen LogP contribution in [0.3, 0.4) is 0 Å². The predicted octanol–water partition coefficient (Wildman–Crippen LogP) is 2.04. The Bertz CT molecular complexity index is 723. The molecule has 0 unspecified atom stereocenters. The minimum Gasteiger partial charge on any atom is -0.479 e. The topological polar surface area (TPSA) is 131 Å². The first-order chi connectivity index (χ1) is 11.1. The monoisotopic (exact) mass is 320 g/mol. The third-order valence-electron chi connectivity index (χ3n) is 3.01. The van der Waals surface area contributed by atoms with Gasteiger partial charge in [-0.15, -0.1) is 4.91 Å². The van der Waals surface area contributed by atoms with Crippen LogP contribution in [0.15, 0.2) is 47.3 Å². The number of aliphatic carboxylic acids is 1. The van der Waals surface area contributed by atoms with Crippen molar-refractivity contribution in [1.29, 1.82) is 0 Å². The molecule has 9 nitrogen and oxygen atoms in total. The van der Waals surface area contributed by atoms with Crippen molar-refractivity contribution in [2.24, 2.45) is 5.18 Å². The first kappa shape index (κ1) is 16.2. The van der Waals surface area contributed by atoms with Crippen LogP contribution in [0.25, 0.3) is 0 Å². The number of allylic oxidation sites excluding steroid dienone is 4. The fourth-order valence-corrected chi connectivity index (χ4v) is 2.01. The molecule has 0 radical (unpaired) electrons. The van der Waals surface area contributed by atoms with Gasteiger partial charge in [0.1, 0.15) is 5.69 Å². The Balaban J connectivity index is 2.48. The Hall–Kier alpha value is -3.20. The summed E-state index contributed by atoms with van der Waals surface area (Å²) in [4.78, 5) is 21.3. The normalized spacial score (nSPS) is 15.6. The summed E-state index contributed by atoms with van der Waals surface area (Å²) in [5.74, 6) is -1.16. The van der Waals surface area contributed by atoms with Gasteiger partial charge in [0.15, 0.2) is 12.4 Å². The van der Waals surface area contributed by atoms with Crippen LogP contribution in [-0.4, -0.2) is 38.5 Å². The maximum absolute atomic E-state index is 10.7. The second-order valence-corrected chi connectivity index (χ2v) is 4.53. The second kappa shape index (κ2) is 7.18. The van der Waals surface area contributed by atoms with Crippen LogP contribution >= 0.6 is 0 Å². The molecule has 0 aliphatic heterocycles. The van der Waals surface area contributed by atoms with Crippen LogP contribution in [0.2, 0.25) is 0 Å². The molecule has 0 amide bonds. The number of nitroso groups, excluding NO2 is 1. The smallest absolute Gasteiger partial charge is 0.341 e. The maximum Gasteiger partial charge on any atom is 0.341 e. The van der Waals surface area contributed by atoms with Crippen molar-refractivity contribution in [3.05, 3.63) is 47.0 Å². The second-order valence-electron chi connectivity index (χ2n) is 4.53. The van der Waals surface area contributed by atoms with Crippen LogP contribution in [0.5, 0.6) is 5.75 Å². The number of ether oxygens (including phenoxy) is 1. The summed E-state index contributed by atoms with van der Waals surface area (Å²) in [6.45, 7) is -0.623. The first-order valence-corrected chi connectivity index (χ1v) is 6.50. The molecule has 1 aliphatic carbocycles. The molecule has 0 saturated carbocycles. The van der Waals surface area contributed by atoms with E-state index in [4.69, 9.17) is 9.84 Å². The fourth-order valence-electron chi connectivity index (χ4n) is 2.01. The summed E-state index contributed by atoms with van der Waals surface area (Å²) in [7, 11) is 0. The molecule has 1 aliphatic rings. The molecular formula is C14H14N3O6+. The molecule has 9 heteroatoms. The molecule has 0 bridgehead atoms. The molecule has 1 aromatic carbocycles. The van der Waals surface area contributed by atoms with E-state index in [0.717, 1.165) is 0 Å². The number of anilines is 1. The Morgan fingerprint density at radius 2 is 2.22 bits per heavy atom. The van der Waals surface area contributed by atoms with Crippen LogP contribution in [0.1, 0.15) is 6.42 Å². The number of hydrogen-bond donors (Lipinski definition) is 4. The van der Waals surface area contributed by atoms with Gasteiger partial charge in [-0.2, -0.15) is 0 Å². The summed E-state index contributed by atoms with van der Waals surface area (Å²) in [5.41, 5.74) is 2.50. The van der Waals surface area contributed by atoms with Gasteiger partial charge in [0, 0.05) is 10.8 Å². The van der Waals surface area contributed by atoms with Crippen molar-refractivity contribution in [3.63, 3.8) is 0 Å². The van der Waals surface area contributed by atoms with Crippen LogP contribution in [0.4, 0.5) is 11.4 Å². The molecule has 1 aromatic rings. The molecule has 0 saturated heterocycles. The zero-order valence-corrected chi connectivity index (χ0v) is 11.8. The number of carboxylic acids is 1. The van der Waals surface area contributed by atoms with E-state index in [0.29, 0.717) is 10.5 Å². The Morgan fingerprint density at radius 3 is 2.87 bits per heavy atom. The number of para-hydroxylation sites is 1. The highest BCUT2D eigenvalue weighted by Crippen LogP contribution is 2.35. The van der Waals surface area contributed by atoms with E-state index >= 15 is 0 Å². The van der Waals surface area contributed by atoms with E-state index in [1.165, 1.54) is 30.4 Å². The number of hydrogen-bond acceptors (Lipinski definition) is 7.